The van der Waals surface area contributed by atoms with Gasteiger partial charge >= 0.3 is 0 Å². The van der Waals surface area contributed by atoms with Gasteiger partial charge in [-0.25, -0.2) is 0 Å². The topological polar surface area (TPSA) is 78.3 Å². The van der Waals surface area contributed by atoms with E-state index in [1.165, 1.54) is 11.8 Å². The smallest absolute Gasteiger partial charge is 0.249 e. The Morgan fingerprint density at radius 3 is 2.63 bits per heavy atom. The Hall–Kier alpha value is -2.14. The summed E-state index contributed by atoms with van der Waals surface area (Å²) in [5.41, 5.74) is 12.2. The average molecular weight is 274 g/mol. The quantitative estimate of drug-likeness (QED) is 0.840. The monoisotopic (exact) mass is 274 g/mol. The van der Waals surface area contributed by atoms with Crippen LogP contribution in [0, 0.1) is 0 Å². The maximum Gasteiger partial charge on any atom is 0.249 e. The highest BCUT2D eigenvalue weighted by molar-refractivity contribution is 7.99. The molecule has 0 saturated heterocycles. The Labute approximate surface area is 115 Å². The van der Waals surface area contributed by atoms with Crippen molar-refractivity contribution in [1.82, 2.24) is 0 Å². The van der Waals surface area contributed by atoms with Gasteiger partial charge in [0.15, 0.2) is 0 Å². The van der Waals surface area contributed by atoms with E-state index < -0.39 is 5.91 Å². The van der Waals surface area contributed by atoms with Crippen LogP contribution in [0.2, 0.25) is 0 Å². The van der Waals surface area contributed by atoms with Crippen molar-refractivity contribution in [3.05, 3.63) is 48.0 Å². The molecule has 0 aliphatic carbocycles. The molecular weight excluding hydrogens is 260 g/mol. The van der Waals surface area contributed by atoms with E-state index in [-0.39, 0.29) is 0 Å². The Bertz CT molecular complexity index is 614. The molecule has 0 atom stereocenters. The summed E-state index contributed by atoms with van der Waals surface area (Å²) in [7, 11) is 1.61. The molecule has 0 unspecified atom stereocenters. The van der Waals surface area contributed by atoms with Crippen LogP contribution in [0.15, 0.2) is 52.3 Å². The van der Waals surface area contributed by atoms with E-state index >= 15 is 0 Å². The van der Waals surface area contributed by atoms with Gasteiger partial charge in [0.2, 0.25) is 5.91 Å². The van der Waals surface area contributed by atoms with Gasteiger partial charge < -0.3 is 16.2 Å². The summed E-state index contributed by atoms with van der Waals surface area (Å²) in [6.07, 6.45) is 0. The number of ether oxygens (including phenoxy) is 1. The van der Waals surface area contributed by atoms with Gasteiger partial charge in [-0.3, -0.25) is 4.79 Å². The van der Waals surface area contributed by atoms with E-state index in [4.69, 9.17) is 16.2 Å². The number of hydrogen-bond donors (Lipinski definition) is 2. The molecule has 0 spiro atoms. The van der Waals surface area contributed by atoms with Crippen molar-refractivity contribution in [2.75, 3.05) is 12.8 Å². The molecule has 4 nitrogen and oxygen atoms in total. The van der Waals surface area contributed by atoms with Crippen molar-refractivity contribution >= 4 is 23.4 Å². The number of rotatable bonds is 4. The number of anilines is 1. The average Bonchev–Trinajstić information content (AvgIpc) is 2.41. The van der Waals surface area contributed by atoms with Crippen LogP contribution in [-0.2, 0) is 0 Å². The first-order valence-electron chi connectivity index (χ1n) is 5.62. The third-order valence-electron chi connectivity index (χ3n) is 2.57. The van der Waals surface area contributed by atoms with Gasteiger partial charge in [-0.05, 0) is 30.3 Å². The van der Waals surface area contributed by atoms with E-state index in [9.17, 15) is 4.79 Å². The van der Waals surface area contributed by atoms with Crippen LogP contribution < -0.4 is 16.2 Å². The Balaban J connectivity index is 2.40. The van der Waals surface area contributed by atoms with Crippen LogP contribution in [0.5, 0.6) is 5.75 Å². The first-order valence-corrected chi connectivity index (χ1v) is 6.43. The number of benzene rings is 2. The first-order chi connectivity index (χ1) is 9.11. The van der Waals surface area contributed by atoms with E-state index in [1.807, 2.05) is 24.3 Å². The third kappa shape index (κ3) is 3.00. The fourth-order valence-corrected chi connectivity index (χ4v) is 2.67. The number of nitrogens with two attached hydrogens (primary N) is 2. The van der Waals surface area contributed by atoms with Gasteiger partial charge in [0, 0.05) is 15.5 Å². The molecule has 0 radical (unpaired) electrons. The van der Waals surface area contributed by atoms with Gasteiger partial charge in [-0.2, -0.15) is 0 Å². The lowest BCUT2D eigenvalue weighted by Gasteiger charge is -2.10. The highest BCUT2D eigenvalue weighted by Gasteiger charge is 2.12. The number of nitrogen functional groups attached to an aromatic ring is 1. The number of amides is 1. The van der Waals surface area contributed by atoms with E-state index in [0.29, 0.717) is 16.1 Å². The lowest BCUT2D eigenvalue weighted by Crippen LogP contribution is -2.13. The molecule has 0 saturated carbocycles. The second-order valence-corrected chi connectivity index (χ2v) is 4.95. The lowest BCUT2D eigenvalue weighted by atomic mass is 10.2. The third-order valence-corrected chi connectivity index (χ3v) is 3.72. The summed E-state index contributed by atoms with van der Waals surface area (Å²) in [5, 5.41) is 0. The van der Waals surface area contributed by atoms with Gasteiger partial charge in [0.25, 0.3) is 0 Å². The molecular formula is C14H14N2O2S. The van der Waals surface area contributed by atoms with Gasteiger partial charge in [-0.15, -0.1) is 0 Å². The van der Waals surface area contributed by atoms with E-state index in [0.717, 1.165) is 10.6 Å². The van der Waals surface area contributed by atoms with Crippen LogP contribution in [0.1, 0.15) is 10.4 Å². The predicted molar refractivity (Wildman–Crippen MR) is 76.5 cm³/mol. The van der Waals surface area contributed by atoms with Gasteiger partial charge in [0.05, 0.1) is 12.7 Å². The van der Waals surface area contributed by atoms with Crippen molar-refractivity contribution in [2.24, 2.45) is 5.73 Å². The summed E-state index contributed by atoms with van der Waals surface area (Å²) in [5.74, 6) is 0.262. The van der Waals surface area contributed by atoms with Crippen molar-refractivity contribution in [1.29, 1.82) is 0 Å². The standard InChI is InChI=1S/C14H14N2O2S/c1-18-9-4-2-5-10(8-9)19-13-11(14(16)17)6-3-7-12(13)15/h2-8H,15H2,1H3,(H2,16,17). The van der Waals surface area contributed by atoms with Crippen LogP contribution in [0.25, 0.3) is 0 Å². The summed E-state index contributed by atoms with van der Waals surface area (Å²) in [6, 6.07) is 12.7. The number of carbonyl (C=O) groups excluding carboxylic acids is 1. The van der Waals surface area contributed by atoms with Crippen molar-refractivity contribution < 1.29 is 9.53 Å². The zero-order chi connectivity index (χ0) is 13.8. The van der Waals surface area contributed by atoms with Gasteiger partial charge in [-0.1, -0.05) is 23.9 Å². The highest BCUT2D eigenvalue weighted by atomic mass is 32.2. The molecule has 0 aliphatic heterocycles. The zero-order valence-corrected chi connectivity index (χ0v) is 11.2. The molecule has 19 heavy (non-hydrogen) atoms. The second kappa shape index (κ2) is 5.67. The molecule has 0 aliphatic rings. The molecule has 4 N–H and O–H groups in total. The minimum Gasteiger partial charge on any atom is -0.497 e. The minimum absolute atomic E-state index is 0.424. The Morgan fingerprint density at radius 2 is 1.95 bits per heavy atom. The fourth-order valence-electron chi connectivity index (χ4n) is 1.65. The molecule has 0 aromatic heterocycles. The molecule has 0 bridgehead atoms. The zero-order valence-electron chi connectivity index (χ0n) is 10.4. The highest BCUT2D eigenvalue weighted by Crippen LogP contribution is 2.36. The Morgan fingerprint density at radius 1 is 1.21 bits per heavy atom. The van der Waals surface area contributed by atoms with Crippen molar-refractivity contribution in [3.63, 3.8) is 0 Å². The Kier molecular flexibility index (Phi) is 3.97. The van der Waals surface area contributed by atoms with Crippen LogP contribution >= 0.6 is 11.8 Å². The number of methoxy groups -OCH3 is 1. The fraction of sp³-hybridized carbons (Fsp3) is 0.0714. The SMILES string of the molecule is COc1cccc(Sc2c(N)cccc2C(N)=O)c1. The maximum atomic E-state index is 11.4. The lowest BCUT2D eigenvalue weighted by molar-refractivity contribution is 0.0997. The number of hydrogen-bond acceptors (Lipinski definition) is 4. The summed E-state index contributed by atoms with van der Waals surface area (Å²) < 4.78 is 5.16. The molecule has 1 amide bonds. The molecule has 0 heterocycles. The predicted octanol–water partition coefficient (Wildman–Crippen LogP) is 2.53. The second-order valence-electron chi connectivity index (χ2n) is 3.87. The summed E-state index contributed by atoms with van der Waals surface area (Å²) in [4.78, 5) is 13.0. The number of primary amides is 1. The minimum atomic E-state index is -0.488. The summed E-state index contributed by atoms with van der Waals surface area (Å²) in [6.45, 7) is 0. The van der Waals surface area contributed by atoms with Crippen molar-refractivity contribution in [3.8, 4) is 5.75 Å². The van der Waals surface area contributed by atoms with E-state index in [1.54, 1.807) is 25.3 Å². The molecule has 0 fully saturated rings. The van der Waals surface area contributed by atoms with Crippen LogP contribution in [0.4, 0.5) is 5.69 Å². The van der Waals surface area contributed by atoms with Gasteiger partial charge in [0.1, 0.15) is 5.75 Å². The summed E-state index contributed by atoms with van der Waals surface area (Å²) >= 11 is 1.39. The normalized spacial score (nSPS) is 10.2. The molecule has 2 rings (SSSR count). The molecule has 2 aromatic rings. The molecule has 98 valence electrons. The number of carbonyl (C=O) groups is 1. The largest absolute Gasteiger partial charge is 0.497 e. The maximum absolute atomic E-state index is 11.4. The molecule has 5 heteroatoms. The van der Waals surface area contributed by atoms with Crippen LogP contribution in [0.3, 0.4) is 0 Å². The van der Waals surface area contributed by atoms with Crippen molar-refractivity contribution in [2.45, 2.75) is 9.79 Å². The first kappa shape index (κ1) is 13.3. The van der Waals surface area contributed by atoms with Crippen LogP contribution in [-0.4, -0.2) is 13.0 Å². The molecule has 2 aromatic carbocycles. The van der Waals surface area contributed by atoms with E-state index in [2.05, 4.69) is 0 Å².